The van der Waals surface area contributed by atoms with E-state index in [1.807, 2.05) is 13.8 Å². The summed E-state index contributed by atoms with van der Waals surface area (Å²) < 4.78 is 0. The lowest BCUT2D eigenvalue weighted by Gasteiger charge is -2.35. The number of likely N-dealkylation sites (tertiary alicyclic amines) is 1. The van der Waals surface area contributed by atoms with Crippen molar-refractivity contribution < 1.29 is 9.59 Å². The van der Waals surface area contributed by atoms with E-state index in [1.165, 1.54) is 0 Å². The van der Waals surface area contributed by atoms with Crippen LogP contribution in [-0.2, 0) is 9.59 Å². The van der Waals surface area contributed by atoms with Crippen molar-refractivity contribution >= 4 is 11.8 Å². The van der Waals surface area contributed by atoms with Gasteiger partial charge in [-0.25, -0.2) is 0 Å². The first-order valence-electron chi connectivity index (χ1n) is 7.81. The molecule has 3 unspecified atom stereocenters. The van der Waals surface area contributed by atoms with Gasteiger partial charge < -0.3 is 15.5 Å². The standard InChI is InChI=1S/C15H27N3O2/c1-10(2)14(18-8-4-5-13(18)19)15(20)17-12-6-7-16-9-11(12)3/h10-12,14,16H,4-9H2,1-3H3,(H,17,20). The van der Waals surface area contributed by atoms with E-state index in [0.717, 1.165) is 32.5 Å². The molecular weight excluding hydrogens is 254 g/mol. The van der Waals surface area contributed by atoms with Gasteiger partial charge in [0.05, 0.1) is 0 Å². The van der Waals surface area contributed by atoms with Crippen LogP contribution in [0.15, 0.2) is 0 Å². The number of piperidine rings is 1. The molecule has 0 spiro atoms. The van der Waals surface area contributed by atoms with Crippen molar-refractivity contribution in [2.24, 2.45) is 11.8 Å². The maximum absolute atomic E-state index is 12.6. The molecule has 0 radical (unpaired) electrons. The van der Waals surface area contributed by atoms with Crippen LogP contribution in [0.25, 0.3) is 0 Å². The number of rotatable bonds is 4. The molecule has 0 saturated carbocycles. The summed E-state index contributed by atoms with van der Waals surface area (Å²) in [4.78, 5) is 26.3. The Morgan fingerprint density at radius 1 is 1.45 bits per heavy atom. The molecule has 0 aliphatic carbocycles. The normalized spacial score (nSPS) is 28.8. The maximum atomic E-state index is 12.6. The van der Waals surface area contributed by atoms with Crippen molar-refractivity contribution in [1.29, 1.82) is 0 Å². The predicted octanol–water partition coefficient (Wildman–Crippen LogP) is 0.748. The summed E-state index contributed by atoms with van der Waals surface area (Å²) in [5, 5.41) is 6.51. The fourth-order valence-electron chi connectivity index (χ4n) is 3.26. The zero-order valence-electron chi connectivity index (χ0n) is 12.8. The minimum atomic E-state index is -0.313. The van der Waals surface area contributed by atoms with Gasteiger partial charge in [0.1, 0.15) is 6.04 Å². The summed E-state index contributed by atoms with van der Waals surface area (Å²) in [6, 6.07) is -0.0882. The molecule has 2 fully saturated rings. The highest BCUT2D eigenvalue weighted by molar-refractivity contribution is 5.89. The van der Waals surface area contributed by atoms with E-state index in [1.54, 1.807) is 4.90 Å². The molecular formula is C15H27N3O2. The maximum Gasteiger partial charge on any atom is 0.243 e. The summed E-state index contributed by atoms with van der Waals surface area (Å²) >= 11 is 0. The second-order valence-electron chi connectivity index (χ2n) is 6.46. The average Bonchev–Trinajstić information content (AvgIpc) is 2.78. The van der Waals surface area contributed by atoms with Gasteiger partial charge in [-0.3, -0.25) is 9.59 Å². The zero-order valence-corrected chi connectivity index (χ0v) is 12.8. The first kappa shape index (κ1) is 15.3. The van der Waals surface area contributed by atoms with Crippen LogP contribution in [0.5, 0.6) is 0 Å². The number of carbonyl (C=O) groups excluding carboxylic acids is 2. The van der Waals surface area contributed by atoms with Gasteiger partial charge in [0.2, 0.25) is 11.8 Å². The molecule has 2 saturated heterocycles. The molecule has 2 rings (SSSR count). The van der Waals surface area contributed by atoms with Crippen LogP contribution in [0.2, 0.25) is 0 Å². The lowest BCUT2D eigenvalue weighted by atomic mass is 9.94. The highest BCUT2D eigenvalue weighted by atomic mass is 16.2. The number of amides is 2. The first-order chi connectivity index (χ1) is 9.50. The van der Waals surface area contributed by atoms with Gasteiger partial charge in [-0.05, 0) is 37.8 Å². The number of nitrogens with one attached hydrogen (secondary N) is 2. The van der Waals surface area contributed by atoms with Gasteiger partial charge in [0.15, 0.2) is 0 Å². The molecule has 0 aromatic rings. The topological polar surface area (TPSA) is 61.4 Å². The highest BCUT2D eigenvalue weighted by Gasteiger charge is 2.36. The zero-order chi connectivity index (χ0) is 14.7. The van der Waals surface area contributed by atoms with E-state index in [-0.39, 0.29) is 29.8 Å². The third kappa shape index (κ3) is 3.32. The largest absolute Gasteiger partial charge is 0.351 e. The van der Waals surface area contributed by atoms with E-state index in [4.69, 9.17) is 0 Å². The Hall–Kier alpha value is -1.10. The lowest BCUT2D eigenvalue weighted by molar-refractivity contribution is -0.139. The molecule has 20 heavy (non-hydrogen) atoms. The minimum Gasteiger partial charge on any atom is -0.351 e. The van der Waals surface area contributed by atoms with Crippen molar-refractivity contribution in [2.45, 2.75) is 52.1 Å². The van der Waals surface area contributed by atoms with Gasteiger partial charge in [-0.15, -0.1) is 0 Å². The molecule has 114 valence electrons. The first-order valence-corrected chi connectivity index (χ1v) is 7.81. The van der Waals surface area contributed by atoms with Crippen LogP contribution >= 0.6 is 0 Å². The Kier molecular flexibility index (Phi) is 5.02. The lowest BCUT2D eigenvalue weighted by Crippen LogP contribution is -2.56. The summed E-state index contributed by atoms with van der Waals surface area (Å²) in [5.74, 6) is 0.732. The van der Waals surface area contributed by atoms with Crippen molar-refractivity contribution in [1.82, 2.24) is 15.5 Å². The molecule has 5 nitrogen and oxygen atoms in total. The Labute approximate surface area is 121 Å². The SMILES string of the molecule is CC(C)C(C(=O)NC1CCNCC1C)N1CCCC1=O. The van der Waals surface area contributed by atoms with Gasteiger partial charge in [0, 0.05) is 19.0 Å². The average molecular weight is 281 g/mol. The number of nitrogens with zero attached hydrogens (tertiary/aromatic N) is 1. The second kappa shape index (κ2) is 6.57. The van der Waals surface area contributed by atoms with Gasteiger partial charge in [-0.2, -0.15) is 0 Å². The van der Waals surface area contributed by atoms with Crippen molar-refractivity contribution in [3.05, 3.63) is 0 Å². The fourth-order valence-corrected chi connectivity index (χ4v) is 3.26. The highest BCUT2D eigenvalue weighted by Crippen LogP contribution is 2.20. The molecule has 2 N–H and O–H groups in total. The van der Waals surface area contributed by atoms with Crippen LogP contribution < -0.4 is 10.6 Å². The molecule has 3 atom stereocenters. The van der Waals surface area contributed by atoms with Crippen molar-refractivity contribution in [2.75, 3.05) is 19.6 Å². The van der Waals surface area contributed by atoms with E-state index in [9.17, 15) is 9.59 Å². The summed E-state index contributed by atoms with van der Waals surface area (Å²) in [6.45, 7) is 8.80. The quantitative estimate of drug-likeness (QED) is 0.799. The molecule has 2 amide bonds. The Balaban J connectivity index is 2.01. The van der Waals surface area contributed by atoms with Crippen LogP contribution in [0.3, 0.4) is 0 Å². The third-order valence-electron chi connectivity index (χ3n) is 4.46. The van der Waals surface area contributed by atoms with Crippen LogP contribution in [0.1, 0.15) is 40.0 Å². The monoisotopic (exact) mass is 281 g/mol. The molecule has 2 aliphatic rings. The van der Waals surface area contributed by atoms with E-state index < -0.39 is 0 Å². The van der Waals surface area contributed by atoms with Crippen LogP contribution in [-0.4, -0.2) is 48.4 Å². The van der Waals surface area contributed by atoms with Crippen molar-refractivity contribution in [3.8, 4) is 0 Å². The molecule has 2 heterocycles. The van der Waals surface area contributed by atoms with Crippen LogP contribution in [0, 0.1) is 11.8 Å². The number of carbonyl (C=O) groups is 2. The van der Waals surface area contributed by atoms with E-state index in [0.29, 0.717) is 12.3 Å². The van der Waals surface area contributed by atoms with Gasteiger partial charge in [-0.1, -0.05) is 20.8 Å². The number of hydrogen-bond acceptors (Lipinski definition) is 3. The molecule has 5 heteroatoms. The Bertz CT molecular complexity index is 370. The molecule has 2 aliphatic heterocycles. The predicted molar refractivity (Wildman–Crippen MR) is 78.2 cm³/mol. The molecule has 0 bridgehead atoms. The molecule has 0 aromatic heterocycles. The van der Waals surface area contributed by atoms with Crippen LogP contribution in [0.4, 0.5) is 0 Å². The third-order valence-corrected chi connectivity index (χ3v) is 4.46. The fraction of sp³-hybridized carbons (Fsp3) is 0.867. The summed E-state index contributed by atoms with van der Waals surface area (Å²) in [6.07, 6.45) is 2.42. The Morgan fingerprint density at radius 2 is 2.20 bits per heavy atom. The van der Waals surface area contributed by atoms with E-state index >= 15 is 0 Å². The Morgan fingerprint density at radius 3 is 2.75 bits per heavy atom. The summed E-state index contributed by atoms with van der Waals surface area (Å²) in [7, 11) is 0. The smallest absolute Gasteiger partial charge is 0.243 e. The minimum absolute atomic E-state index is 0.0222. The summed E-state index contributed by atoms with van der Waals surface area (Å²) in [5.41, 5.74) is 0. The van der Waals surface area contributed by atoms with Crippen molar-refractivity contribution in [3.63, 3.8) is 0 Å². The van der Waals surface area contributed by atoms with Gasteiger partial charge >= 0.3 is 0 Å². The van der Waals surface area contributed by atoms with E-state index in [2.05, 4.69) is 17.6 Å². The number of hydrogen-bond donors (Lipinski definition) is 2. The second-order valence-corrected chi connectivity index (χ2v) is 6.46. The van der Waals surface area contributed by atoms with Gasteiger partial charge in [0.25, 0.3) is 0 Å². The molecule has 0 aromatic carbocycles.